The number of halogens is 2. The van der Waals surface area contributed by atoms with E-state index in [1.165, 1.54) is 31.6 Å². The second-order valence-electron chi connectivity index (χ2n) is 8.58. The molecule has 1 aromatic carbocycles. The summed E-state index contributed by atoms with van der Waals surface area (Å²) in [5.74, 6) is 0.712. The summed E-state index contributed by atoms with van der Waals surface area (Å²) in [5, 5.41) is 2.00. The zero-order chi connectivity index (χ0) is 26.5. The van der Waals surface area contributed by atoms with Gasteiger partial charge in [0, 0.05) is 48.8 Å². The Kier molecular flexibility index (Phi) is 10.3. The number of carbonyl (C=O) groups excluding carboxylic acids is 1. The van der Waals surface area contributed by atoms with Crippen LogP contribution in [-0.4, -0.2) is 54.1 Å². The minimum absolute atomic E-state index is 0.0455. The van der Waals surface area contributed by atoms with Crippen LogP contribution in [0.3, 0.4) is 0 Å². The third kappa shape index (κ3) is 7.74. The lowest BCUT2D eigenvalue weighted by Gasteiger charge is -2.29. The Labute approximate surface area is 225 Å². The SMILES string of the molecule is COP(=O)(CN1CC=C(Cn2c(COC(N)=O)nc(C(C)C)c2Sc2cc(Cl)cc(Cl)c2)CC1)OC. The molecule has 0 aliphatic carbocycles. The van der Waals surface area contributed by atoms with Gasteiger partial charge in [-0.25, -0.2) is 9.78 Å². The topological polar surface area (TPSA) is 109 Å². The van der Waals surface area contributed by atoms with E-state index in [1.807, 2.05) is 17.0 Å². The first-order chi connectivity index (χ1) is 17.0. The Bertz CT molecular complexity index is 1150. The fourth-order valence-electron chi connectivity index (χ4n) is 3.76. The van der Waals surface area contributed by atoms with Crippen molar-refractivity contribution >= 4 is 48.7 Å². The van der Waals surface area contributed by atoms with Crippen LogP contribution < -0.4 is 5.73 Å². The van der Waals surface area contributed by atoms with E-state index in [9.17, 15) is 9.36 Å². The summed E-state index contributed by atoms with van der Waals surface area (Å²) in [6.07, 6.45) is 2.23. The van der Waals surface area contributed by atoms with Crippen LogP contribution in [0.15, 0.2) is 39.8 Å². The molecule has 9 nitrogen and oxygen atoms in total. The number of primary amides is 1. The minimum Gasteiger partial charge on any atom is -0.442 e. The highest BCUT2D eigenvalue weighted by molar-refractivity contribution is 7.99. The van der Waals surface area contributed by atoms with Crippen LogP contribution in [0.1, 0.15) is 37.7 Å². The van der Waals surface area contributed by atoms with Crippen LogP contribution >= 0.6 is 42.6 Å². The van der Waals surface area contributed by atoms with Crippen molar-refractivity contribution in [2.45, 2.75) is 49.3 Å². The van der Waals surface area contributed by atoms with E-state index in [-0.39, 0.29) is 18.8 Å². The molecule has 0 saturated carbocycles. The quantitative estimate of drug-likeness (QED) is 0.251. The van der Waals surface area contributed by atoms with Gasteiger partial charge in [-0.05, 0) is 30.5 Å². The van der Waals surface area contributed by atoms with Crippen molar-refractivity contribution in [3.05, 3.63) is 51.4 Å². The number of aromatic nitrogens is 2. The Morgan fingerprint density at radius 1 is 1.22 bits per heavy atom. The fraction of sp³-hybridized carbons (Fsp3) is 0.478. The number of carbonyl (C=O) groups is 1. The van der Waals surface area contributed by atoms with Crippen molar-refractivity contribution in [2.24, 2.45) is 5.73 Å². The van der Waals surface area contributed by atoms with Gasteiger partial charge in [0.1, 0.15) is 17.1 Å². The van der Waals surface area contributed by atoms with Crippen molar-refractivity contribution in [1.29, 1.82) is 0 Å². The number of nitrogens with zero attached hydrogens (tertiary/aromatic N) is 3. The van der Waals surface area contributed by atoms with Crippen molar-refractivity contribution in [2.75, 3.05) is 33.6 Å². The summed E-state index contributed by atoms with van der Waals surface area (Å²) in [6.45, 7) is 5.93. The summed E-state index contributed by atoms with van der Waals surface area (Å²) >= 11 is 14.0. The predicted octanol–water partition coefficient (Wildman–Crippen LogP) is 6.14. The molecule has 1 amide bonds. The van der Waals surface area contributed by atoms with Gasteiger partial charge in [0.15, 0.2) is 6.61 Å². The van der Waals surface area contributed by atoms with E-state index >= 15 is 0 Å². The highest BCUT2D eigenvalue weighted by atomic mass is 35.5. The molecule has 2 heterocycles. The number of ether oxygens (including phenoxy) is 1. The summed E-state index contributed by atoms with van der Waals surface area (Å²) in [5.41, 5.74) is 7.28. The van der Waals surface area contributed by atoms with Crippen molar-refractivity contribution in [1.82, 2.24) is 14.5 Å². The van der Waals surface area contributed by atoms with E-state index < -0.39 is 13.7 Å². The van der Waals surface area contributed by atoms with Gasteiger partial charge in [-0.15, -0.1) is 0 Å². The van der Waals surface area contributed by atoms with Gasteiger partial charge in [0.25, 0.3) is 0 Å². The molecule has 0 bridgehead atoms. The van der Waals surface area contributed by atoms with E-state index in [2.05, 4.69) is 24.5 Å². The van der Waals surface area contributed by atoms with Gasteiger partial charge in [0.05, 0.1) is 5.69 Å². The van der Waals surface area contributed by atoms with E-state index in [1.54, 1.807) is 6.07 Å². The van der Waals surface area contributed by atoms with E-state index in [0.29, 0.717) is 35.5 Å². The molecule has 13 heteroatoms. The summed E-state index contributed by atoms with van der Waals surface area (Å²) in [4.78, 5) is 19.0. The monoisotopic (exact) mass is 576 g/mol. The van der Waals surface area contributed by atoms with Gasteiger partial charge >= 0.3 is 13.7 Å². The van der Waals surface area contributed by atoms with Gasteiger partial charge < -0.3 is 24.1 Å². The lowest BCUT2D eigenvalue weighted by atomic mass is 10.1. The summed E-state index contributed by atoms with van der Waals surface area (Å²) < 4.78 is 29.8. The lowest BCUT2D eigenvalue weighted by molar-refractivity contribution is 0.145. The molecule has 1 aromatic heterocycles. The smallest absolute Gasteiger partial charge is 0.404 e. The third-order valence-corrected chi connectivity index (χ3v) is 9.03. The molecule has 0 atom stereocenters. The van der Waals surface area contributed by atoms with Crippen LogP contribution in [0.4, 0.5) is 4.79 Å². The summed E-state index contributed by atoms with van der Waals surface area (Å²) in [7, 11) is -0.345. The highest BCUT2D eigenvalue weighted by Crippen LogP contribution is 2.47. The molecule has 2 N–H and O–H groups in total. The average molecular weight is 577 g/mol. The van der Waals surface area contributed by atoms with Gasteiger partial charge in [-0.2, -0.15) is 0 Å². The minimum atomic E-state index is -3.13. The number of benzene rings is 1. The first-order valence-electron chi connectivity index (χ1n) is 11.3. The van der Waals surface area contributed by atoms with Crippen LogP contribution in [0.2, 0.25) is 10.0 Å². The molecule has 0 spiro atoms. The molecule has 198 valence electrons. The number of rotatable bonds is 11. The zero-order valence-corrected chi connectivity index (χ0v) is 23.9. The molecular formula is C23H31Cl2N4O5PS. The number of hydrogen-bond acceptors (Lipinski definition) is 8. The largest absolute Gasteiger partial charge is 0.442 e. The molecule has 0 radical (unpaired) electrons. The third-order valence-electron chi connectivity index (χ3n) is 5.64. The van der Waals surface area contributed by atoms with Crippen LogP contribution in [-0.2, 0) is 31.5 Å². The second kappa shape index (κ2) is 12.8. The van der Waals surface area contributed by atoms with Gasteiger partial charge in [-0.1, -0.05) is 60.5 Å². The molecule has 3 rings (SSSR count). The normalized spacial score (nSPS) is 14.8. The summed E-state index contributed by atoms with van der Waals surface area (Å²) in [6, 6.07) is 5.38. The number of amides is 1. The molecule has 0 unspecified atom stereocenters. The lowest BCUT2D eigenvalue weighted by Crippen LogP contribution is -2.31. The molecular weight excluding hydrogens is 546 g/mol. The van der Waals surface area contributed by atoms with Crippen LogP contribution in [0, 0.1) is 0 Å². The van der Waals surface area contributed by atoms with E-state index in [0.717, 1.165) is 22.0 Å². The van der Waals surface area contributed by atoms with Crippen LogP contribution in [0.25, 0.3) is 0 Å². The predicted molar refractivity (Wildman–Crippen MR) is 142 cm³/mol. The van der Waals surface area contributed by atoms with Crippen molar-refractivity contribution < 1.29 is 23.1 Å². The molecule has 36 heavy (non-hydrogen) atoms. The maximum atomic E-state index is 12.5. The standard InChI is InChI=1S/C23H31Cl2N4O5PS/c1-15(2)21-22(36-19-10-17(24)9-18(25)11-19)29(20(27-21)13-34-23(26)30)12-16-5-7-28(8-6-16)14-35(31,32-3)33-4/h5,9-11,15H,6-8,12-14H2,1-4H3,(H2,26,30). The number of imidazole rings is 1. The first kappa shape index (κ1) is 29.0. The van der Waals surface area contributed by atoms with Crippen molar-refractivity contribution in [3.63, 3.8) is 0 Å². The second-order valence-corrected chi connectivity index (χ2v) is 12.8. The van der Waals surface area contributed by atoms with Gasteiger partial charge in [-0.3, -0.25) is 9.46 Å². The number of nitrogens with two attached hydrogens (primary N) is 1. The Morgan fingerprint density at radius 3 is 2.42 bits per heavy atom. The molecule has 0 saturated heterocycles. The molecule has 2 aromatic rings. The van der Waals surface area contributed by atoms with Gasteiger partial charge in [0.2, 0.25) is 0 Å². The number of hydrogen-bond donors (Lipinski definition) is 1. The maximum absolute atomic E-state index is 12.5. The van der Waals surface area contributed by atoms with Crippen LogP contribution in [0.5, 0.6) is 0 Å². The van der Waals surface area contributed by atoms with Crippen molar-refractivity contribution in [3.8, 4) is 0 Å². The molecule has 0 fully saturated rings. The molecule has 1 aliphatic heterocycles. The fourth-order valence-corrected chi connectivity index (χ4v) is 6.80. The average Bonchev–Trinajstić information content (AvgIpc) is 3.15. The Balaban J connectivity index is 1.92. The zero-order valence-electron chi connectivity index (χ0n) is 20.7. The first-order valence-corrected chi connectivity index (χ1v) is 14.6. The maximum Gasteiger partial charge on any atom is 0.404 e. The Morgan fingerprint density at radius 2 is 1.89 bits per heavy atom. The molecule has 1 aliphatic rings. The Hall–Kier alpha value is -1.52. The highest BCUT2D eigenvalue weighted by Gasteiger charge is 2.27. The van der Waals surface area contributed by atoms with E-state index in [4.69, 9.17) is 47.7 Å².